The first-order valence-corrected chi connectivity index (χ1v) is 11.4. The molecule has 3 aliphatic rings. The SMILES string of the molecule is C=C1N(c2cnc(C#N)c(OC)c2)C(=O)C2(CCC2)N1c1ccc(CN2CCNCC2)cc1. The third-order valence-corrected chi connectivity index (χ3v) is 6.96. The number of carbonyl (C=O) groups is 1. The second-order valence-corrected chi connectivity index (χ2v) is 8.83. The number of pyridine rings is 1. The summed E-state index contributed by atoms with van der Waals surface area (Å²) in [6.45, 7) is 9.39. The minimum atomic E-state index is -0.613. The van der Waals surface area contributed by atoms with Crippen molar-refractivity contribution in [3.8, 4) is 11.8 Å². The smallest absolute Gasteiger partial charge is 0.259 e. The lowest BCUT2D eigenvalue weighted by Gasteiger charge is -2.43. The van der Waals surface area contributed by atoms with E-state index in [2.05, 4.69) is 50.9 Å². The molecule has 1 N–H and O–H groups in total. The molecule has 5 rings (SSSR count). The molecule has 8 heteroatoms. The molecule has 0 radical (unpaired) electrons. The van der Waals surface area contributed by atoms with Crippen molar-refractivity contribution in [1.82, 2.24) is 15.2 Å². The summed E-state index contributed by atoms with van der Waals surface area (Å²) in [4.78, 5) is 24.0. The maximum atomic E-state index is 13.7. The third-order valence-electron chi connectivity index (χ3n) is 6.96. The van der Waals surface area contributed by atoms with Gasteiger partial charge in [0.15, 0.2) is 11.4 Å². The molecule has 1 aromatic carbocycles. The first-order valence-electron chi connectivity index (χ1n) is 11.4. The fourth-order valence-corrected chi connectivity index (χ4v) is 5.05. The van der Waals surface area contributed by atoms with Crippen LogP contribution in [-0.2, 0) is 11.3 Å². The lowest BCUT2D eigenvalue weighted by atomic mass is 9.75. The molecule has 2 aromatic rings. The van der Waals surface area contributed by atoms with Gasteiger partial charge in [0.05, 0.1) is 19.0 Å². The van der Waals surface area contributed by atoms with Crippen molar-refractivity contribution in [3.05, 3.63) is 60.2 Å². The summed E-state index contributed by atoms with van der Waals surface area (Å²) in [7, 11) is 1.49. The van der Waals surface area contributed by atoms with E-state index in [4.69, 9.17) is 4.74 Å². The van der Waals surface area contributed by atoms with E-state index in [1.807, 2.05) is 6.07 Å². The van der Waals surface area contributed by atoms with E-state index in [1.165, 1.54) is 18.9 Å². The largest absolute Gasteiger partial charge is 0.494 e. The van der Waals surface area contributed by atoms with Crippen LogP contribution in [0.4, 0.5) is 11.4 Å². The number of amides is 1. The van der Waals surface area contributed by atoms with Crippen molar-refractivity contribution in [1.29, 1.82) is 5.26 Å². The Morgan fingerprint density at radius 1 is 1.21 bits per heavy atom. The first kappa shape index (κ1) is 21.4. The molecule has 0 bridgehead atoms. The number of methoxy groups -OCH3 is 1. The van der Waals surface area contributed by atoms with E-state index >= 15 is 0 Å². The summed E-state index contributed by atoms with van der Waals surface area (Å²) in [6, 6.07) is 12.2. The molecule has 3 fully saturated rings. The third kappa shape index (κ3) is 3.54. The van der Waals surface area contributed by atoms with Crippen LogP contribution in [-0.4, -0.2) is 54.6 Å². The van der Waals surface area contributed by atoms with Crippen LogP contribution in [0.1, 0.15) is 30.5 Å². The Balaban J connectivity index is 1.44. The number of carbonyl (C=O) groups excluding carboxylic acids is 1. The highest BCUT2D eigenvalue weighted by molar-refractivity contribution is 6.10. The summed E-state index contributed by atoms with van der Waals surface area (Å²) in [5, 5.41) is 12.6. The van der Waals surface area contributed by atoms with Crippen molar-refractivity contribution < 1.29 is 9.53 Å². The molecule has 1 saturated carbocycles. The van der Waals surface area contributed by atoms with Crippen molar-refractivity contribution in [2.75, 3.05) is 43.1 Å². The first-order chi connectivity index (χ1) is 16.1. The fourth-order valence-electron chi connectivity index (χ4n) is 5.05. The quantitative estimate of drug-likeness (QED) is 0.759. The number of rotatable bonds is 5. The van der Waals surface area contributed by atoms with E-state index in [0.717, 1.165) is 57.7 Å². The van der Waals surface area contributed by atoms with Gasteiger partial charge in [0.1, 0.15) is 17.4 Å². The standard InChI is InChI=1S/C25H28N6O2/c1-18-30(21-14-23(33-2)22(15-26)28-16-21)24(32)25(8-3-9-25)31(18)20-6-4-19(5-7-20)17-29-12-10-27-11-13-29/h4-7,14,16,27H,1,3,8-13,17H2,2H3. The molecule has 2 saturated heterocycles. The van der Waals surface area contributed by atoms with Crippen LogP contribution in [0.5, 0.6) is 5.75 Å². The molecule has 1 aliphatic carbocycles. The summed E-state index contributed by atoms with van der Waals surface area (Å²) in [5.74, 6) is 0.939. The molecule has 1 aromatic heterocycles. The number of aromatic nitrogens is 1. The van der Waals surface area contributed by atoms with Gasteiger partial charge in [-0.15, -0.1) is 0 Å². The second kappa shape index (κ2) is 8.50. The van der Waals surface area contributed by atoms with E-state index in [0.29, 0.717) is 17.3 Å². The summed E-state index contributed by atoms with van der Waals surface area (Å²) >= 11 is 0. The number of ether oxygens (including phenoxy) is 1. The molecule has 2 aliphatic heterocycles. The van der Waals surface area contributed by atoms with Crippen molar-refractivity contribution in [2.45, 2.75) is 31.3 Å². The van der Waals surface area contributed by atoms with E-state index in [-0.39, 0.29) is 11.6 Å². The highest BCUT2D eigenvalue weighted by Gasteiger charge is 2.58. The molecule has 0 atom stereocenters. The van der Waals surface area contributed by atoms with Crippen molar-refractivity contribution in [3.63, 3.8) is 0 Å². The van der Waals surface area contributed by atoms with Crippen LogP contribution in [0, 0.1) is 11.3 Å². The maximum absolute atomic E-state index is 13.7. The van der Waals surface area contributed by atoms with Crippen molar-refractivity contribution in [2.24, 2.45) is 0 Å². The van der Waals surface area contributed by atoms with E-state index in [9.17, 15) is 10.1 Å². The Bertz CT molecular complexity index is 1110. The summed E-state index contributed by atoms with van der Waals surface area (Å²) in [5.41, 5.74) is 2.36. The van der Waals surface area contributed by atoms with Gasteiger partial charge in [-0.3, -0.25) is 14.6 Å². The van der Waals surface area contributed by atoms with Gasteiger partial charge in [-0.2, -0.15) is 5.26 Å². The van der Waals surface area contributed by atoms with Gasteiger partial charge in [-0.25, -0.2) is 4.98 Å². The highest BCUT2D eigenvalue weighted by Crippen LogP contribution is 2.50. The Morgan fingerprint density at radius 2 is 1.94 bits per heavy atom. The predicted octanol–water partition coefficient (Wildman–Crippen LogP) is 2.61. The second-order valence-electron chi connectivity index (χ2n) is 8.83. The van der Waals surface area contributed by atoms with Gasteiger partial charge in [0.2, 0.25) is 0 Å². The molecule has 170 valence electrons. The zero-order valence-electron chi connectivity index (χ0n) is 18.9. The van der Waals surface area contributed by atoms with Crippen LogP contribution in [0.2, 0.25) is 0 Å². The molecule has 1 amide bonds. The van der Waals surface area contributed by atoms with Gasteiger partial charge in [-0.1, -0.05) is 18.7 Å². The number of nitriles is 1. The number of nitrogens with one attached hydrogen (secondary N) is 1. The number of hydrogen-bond donors (Lipinski definition) is 1. The normalized spacial score (nSPS) is 20.1. The minimum absolute atomic E-state index is 0.00259. The molecular weight excluding hydrogens is 416 g/mol. The van der Waals surface area contributed by atoms with Crippen LogP contribution in [0.25, 0.3) is 0 Å². The lowest BCUT2D eigenvalue weighted by Crippen LogP contribution is -2.54. The Labute approximate surface area is 194 Å². The minimum Gasteiger partial charge on any atom is -0.494 e. The van der Waals surface area contributed by atoms with E-state index in [1.54, 1.807) is 11.0 Å². The summed E-state index contributed by atoms with van der Waals surface area (Å²) in [6.07, 6.45) is 4.10. The molecule has 0 unspecified atom stereocenters. The number of anilines is 2. The maximum Gasteiger partial charge on any atom is 0.259 e. The molecule has 1 spiro atoms. The Hall–Kier alpha value is -3.41. The van der Waals surface area contributed by atoms with Gasteiger partial charge in [0, 0.05) is 44.5 Å². The molecule has 33 heavy (non-hydrogen) atoms. The van der Waals surface area contributed by atoms with Gasteiger partial charge in [0.25, 0.3) is 5.91 Å². The highest BCUT2D eigenvalue weighted by atomic mass is 16.5. The van der Waals surface area contributed by atoms with Crippen LogP contribution >= 0.6 is 0 Å². The van der Waals surface area contributed by atoms with Gasteiger partial charge in [-0.05, 0) is 37.0 Å². The Morgan fingerprint density at radius 3 is 2.55 bits per heavy atom. The Kier molecular flexibility index (Phi) is 5.52. The fraction of sp³-hybridized carbons (Fsp3) is 0.400. The van der Waals surface area contributed by atoms with Crippen LogP contribution in [0.15, 0.2) is 48.9 Å². The van der Waals surface area contributed by atoms with Gasteiger partial charge >= 0.3 is 0 Å². The average molecular weight is 445 g/mol. The topological polar surface area (TPSA) is 84.7 Å². The number of hydrogen-bond acceptors (Lipinski definition) is 7. The molecule has 3 heterocycles. The predicted molar refractivity (Wildman–Crippen MR) is 126 cm³/mol. The lowest BCUT2D eigenvalue weighted by molar-refractivity contribution is -0.123. The van der Waals surface area contributed by atoms with Crippen molar-refractivity contribution >= 4 is 17.3 Å². The average Bonchev–Trinajstić information content (AvgIpc) is 3.06. The summed E-state index contributed by atoms with van der Waals surface area (Å²) < 4.78 is 5.31. The zero-order valence-corrected chi connectivity index (χ0v) is 18.9. The number of benzene rings is 1. The van der Waals surface area contributed by atoms with Gasteiger partial charge < -0.3 is 15.0 Å². The van der Waals surface area contributed by atoms with E-state index < -0.39 is 5.54 Å². The zero-order chi connectivity index (χ0) is 23.0. The number of piperazine rings is 1. The van der Waals surface area contributed by atoms with Crippen LogP contribution in [0.3, 0.4) is 0 Å². The molecular formula is C25H28N6O2. The van der Waals surface area contributed by atoms with Crippen LogP contribution < -0.4 is 19.9 Å². The monoisotopic (exact) mass is 444 g/mol. The molecule has 8 nitrogen and oxygen atoms in total. The number of nitrogens with zero attached hydrogens (tertiary/aromatic N) is 5.